The Kier molecular flexibility index (Phi) is 8.77. The number of primary sulfonamides is 1. The molecule has 0 heterocycles. The first kappa shape index (κ1) is 16.8. The van der Waals surface area contributed by atoms with Gasteiger partial charge in [0.25, 0.3) is 0 Å². The van der Waals surface area contributed by atoms with Crippen molar-refractivity contribution in [2.24, 2.45) is 5.14 Å². The highest BCUT2D eigenvalue weighted by Gasteiger charge is 2.15. The van der Waals surface area contributed by atoms with Crippen molar-refractivity contribution in [2.45, 2.75) is 39.2 Å². The summed E-state index contributed by atoms with van der Waals surface area (Å²) in [5.41, 5.74) is 0. The lowest BCUT2D eigenvalue weighted by Gasteiger charge is -2.30. The van der Waals surface area contributed by atoms with Crippen LogP contribution in [0.25, 0.3) is 0 Å². The Morgan fingerprint density at radius 1 is 1.24 bits per heavy atom. The summed E-state index contributed by atoms with van der Waals surface area (Å²) in [6.45, 7) is 6.56. The van der Waals surface area contributed by atoms with Crippen LogP contribution in [0.4, 0.5) is 0 Å². The number of sulfonamides is 1. The minimum Gasteiger partial charge on any atom is -0.383 e. The molecule has 0 aliphatic carbocycles. The Hall–Kier alpha value is -0.170. The highest BCUT2D eigenvalue weighted by Crippen LogP contribution is 2.09. The summed E-state index contributed by atoms with van der Waals surface area (Å²) in [6, 6.07) is 0.491. The second kappa shape index (κ2) is 8.85. The lowest BCUT2D eigenvalue weighted by molar-refractivity contribution is 0.115. The van der Waals surface area contributed by atoms with E-state index < -0.39 is 10.0 Å². The lowest BCUT2D eigenvalue weighted by atomic mass is 10.1. The van der Waals surface area contributed by atoms with E-state index >= 15 is 0 Å². The van der Waals surface area contributed by atoms with Gasteiger partial charge in [0.2, 0.25) is 10.0 Å². The molecule has 0 aliphatic rings. The topological polar surface area (TPSA) is 72.6 Å². The molecular weight excluding hydrogens is 240 g/mol. The first-order chi connectivity index (χ1) is 7.94. The molecule has 104 valence electrons. The molecule has 0 aliphatic heterocycles. The van der Waals surface area contributed by atoms with Crippen LogP contribution in [-0.4, -0.2) is 51.9 Å². The molecule has 5 nitrogen and oxygen atoms in total. The summed E-state index contributed by atoms with van der Waals surface area (Å²) >= 11 is 0. The van der Waals surface area contributed by atoms with Gasteiger partial charge in [-0.1, -0.05) is 13.8 Å². The van der Waals surface area contributed by atoms with Gasteiger partial charge in [-0.2, -0.15) is 0 Å². The van der Waals surface area contributed by atoms with E-state index in [1.807, 2.05) is 0 Å². The van der Waals surface area contributed by atoms with Crippen LogP contribution in [0.5, 0.6) is 0 Å². The maximum absolute atomic E-state index is 10.9. The van der Waals surface area contributed by atoms with Crippen molar-refractivity contribution in [1.82, 2.24) is 4.90 Å². The van der Waals surface area contributed by atoms with Crippen molar-refractivity contribution in [1.29, 1.82) is 0 Å². The zero-order chi connectivity index (χ0) is 13.3. The van der Waals surface area contributed by atoms with Gasteiger partial charge in [-0.05, 0) is 25.8 Å². The quantitative estimate of drug-likeness (QED) is 0.635. The standard InChI is InChI=1S/C11H26N2O3S/c1-4-11(5-2)13(8-9-16-3)7-6-10-17(12,14)15/h11H,4-10H2,1-3H3,(H2,12,14,15). The van der Waals surface area contributed by atoms with E-state index in [9.17, 15) is 8.42 Å². The Balaban J connectivity index is 4.18. The van der Waals surface area contributed by atoms with Crippen LogP contribution >= 0.6 is 0 Å². The predicted octanol–water partition coefficient (Wildman–Crippen LogP) is 0.802. The van der Waals surface area contributed by atoms with E-state index in [0.29, 0.717) is 19.1 Å². The largest absolute Gasteiger partial charge is 0.383 e. The van der Waals surface area contributed by atoms with Gasteiger partial charge in [-0.25, -0.2) is 13.6 Å². The van der Waals surface area contributed by atoms with Crippen molar-refractivity contribution >= 4 is 10.0 Å². The molecule has 0 saturated carbocycles. The highest BCUT2D eigenvalue weighted by molar-refractivity contribution is 7.89. The van der Waals surface area contributed by atoms with Crippen LogP contribution in [0.2, 0.25) is 0 Å². The fraction of sp³-hybridized carbons (Fsp3) is 1.00. The van der Waals surface area contributed by atoms with Crippen molar-refractivity contribution < 1.29 is 13.2 Å². The average Bonchev–Trinajstić information content (AvgIpc) is 2.25. The molecule has 0 fully saturated rings. The van der Waals surface area contributed by atoms with E-state index in [4.69, 9.17) is 9.88 Å². The molecule has 0 aromatic rings. The molecule has 0 bridgehead atoms. The molecular formula is C11H26N2O3S. The predicted molar refractivity (Wildman–Crippen MR) is 70.4 cm³/mol. The monoisotopic (exact) mass is 266 g/mol. The molecule has 0 aromatic heterocycles. The first-order valence-corrected chi connectivity index (χ1v) is 7.89. The fourth-order valence-electron chi connectivity index (χ4n) is 1.96. The van der Waals surface area contributed by atoms with Gasteiger partial charge in [-0.3, -0.25) is 4.90 Å². The Morgan fingerprint density at radius 2 is 1.82 bits per heavy atom. The third-order valence-corrected chi connectivity index (χ3v) is 3.77. The van der Waals surface area contributed by atoms with Crippen molar-refractivity contribution in [3.63, 3.8) is 0 Å². The zero-order valence-corrected chi connectivity index (χ0v) is 12.0. The second-order valence-electron chi connectivity index (χ2n) is 4.22. The van der Waals surface area contributed by atoms with Crippen LogP contribution < -0.4 is 5.14 Å². The smallest absolute Gasteiger partial charge is 0.209 e. The van der Waals surface area contributed by atoms with Gasteiger partial charge in [0.05, 0.1) is 12.4 Å². The number of ether oxygens (including phenoxy) is 1. The molecule has 6 heteroatoms. The van der Waals surface area contributed by atoms with E-state index in [0.717, 1.165) is 25.9 Å². The summed E-state index contributed by atoms with van der Waals surface area (Å²) in [5.74, 6) is 0.0522. The molecule has 0 atom stereocenters. The first-order valence-electron chi connectivity index (χ1n) is 6.18. The maximum Gasteiger partial charge on any atom is 0.209 e. The van der Waals surface area contributed by atoms with Crippen LogP contribution in [-0.2, 0) is 14.8 Å². The van der Waals surface area contributed by atoms with E-state index in [-0.39, 0.29) is 5.75 Å². The summed E-state index contributed by atoms with van der Waals surface area (Å²) in [6.07, 6.45) is 2.71. The minimum atomic E-state index is -3.34. The van der Waals surface area contributed by atoms with Crippen molar-refractivity contribution in [3.8, 4) is 0 Å². The molecule has 0 spiro atoms. The number of rotatable bonds is 10. The van der Waals surface area contributed by atoms with E-state index in [1.165, 1.54) is 0 Å². The number of nitrogens with zero attached hydrogens (tertiary/aromatic N) is 1. The van der Waals surface area contributed by atoms with Gasteiger partial charge < -0.3 is 4.74 Å². The maximum atomic E-state index is 10.9. The van der Waals surface area contributed by atoms with Crippen LogP contribution in [0.1, 0.15) is 33.1 Å². The summed E-state index contributed by atoms with van der Waals surface area (Å²) < 4.78 is 26.8. The van der Waals surface area contributed by atoms with Crippen molar-refractivity contribution in [3.05, 3.63) is 0 Å². The van der Waals surface area contributed by atoms with Gasteiger partial charge in [-0.15, -0.1) is 0 Å². The third kappa shape index (κ3) is 8.54. The molecule has 0 saturated heterocycles. The SMILES string of the molecule is CCC(CC)N(CCCS(N)(=O)=O)CCOC. The molecule has 0 radical (unpaired) electrons. The summed E-state index contributed by atoms with van der Waals surface area (Å²) in [4.78, 5) is 2.29. The summed E-state index contributed by atoms with van der Waals surface area (Å²) in [7, 11) is -1.66. The minimum absolute atomic E-state index is 0.0522. The Morgan fingerprint density at radius 3 is 2.24 bits per heavy atom. The average molecular weight is 266 g/mol. The van der Waals surface area contributed by atoms with Crippen LogP contribution in [0.15, 0.2) is 0 Å². The molecule has 0 aromatic carbocycles. The zero-order valence-electron chi connectivity index (χ0n) is 11.2. The normalized spacial score (nSPS) is 12.6. The Labute approximate surface area is 105 Å². The van der Waals surface area contributed by atoms with Gasteiger partial charge in [0.1, 0.15) is 0 Å². The van der Waals surface area contributed by atoms with Gasteiger partial charge >= 0.3 is 0 Å². The van der Waals surface area contributed by atoms with E-state index in [2.05, 4.69) is 18.7 Å². The third-order valence-electron chi connectivity index (χ3n) is 2.92. The molecule has 17 heavy (non-hydrogen) atoms. The number of methoxy groups -OCH3 is 1. The van der Waals surface area contributed by atoms with Crippen LogP contribution in [0.3, 0.4) is 0 Å². The van der Waals surface area contributed by atoms with E-state index in [1.54, 1.807) is 7.11 Å². The van der Waals surface area contributed by atoms with Crippen molar-refractivity contribution in [2.75, 3.05) is 32.6 Å². The van der Waals surface area contributed by atoms with Crippen LogP contribution in [0, 0.1) is 0 Å². The van der Waals surface area contributed by atoms with Gasteiger partial charge in [0.15, 0.2) is 0 Å². The fourth-order valence-corrected chi connectivity index (χ4v) is 2.49. The highest BCUT2D eigenvalue weighted by atomic mass is 32.2. The van der Waals surface area contributed by atoms with Gasteiger partial charge in [0, 0.05) is 19.7 Å². The number of hydrogen-bond acceptors (Lipinski definition) is 4. The molecule has 0 amide bonds. The second-order valence-corrected chi connectivity index (χ2v) is 5.95. The summed E-state index contributed by atoms with van der Waals surface area (Å²) in [5, 5.41) is 4.99. The number of hydrogen-bond donors (Lipinski definition) is 1. The number of nitrogens with two attached hydrogens (primary N) is 1. The lowest BCUT2D eigenvalue weighted by Crippen LogP contribution is -2.38. The molecule has 0 rings (SSSR count). The Bertz CT molecular complexity index is 276. The molecule has 0 unspecified atom stereocenters. The molecule has 2 N–H and O–H groups in total.